The molecule has 1 aromatic rings. The summed E-state index contributed by atoms with van der Waals surface area (Å²) in [6.45, 7) is 4.40. The predicted molar refractivity (Wildman–Crippen MR) is 74.9 cm³/mol. The van der Waals surface area contributed by atoms with Crippen molar-refractivity contribution in [2.45, 2.75) is 26.1 Å². The normalized spacial score (nSPS) is 22.5. The van der Waals surface area contributed by atoms with Crippen LogP contribution in [0.1, 0.15) is 18.9 Å². The Morgan fingerprint density at radius 1 is 1.50 bits per heavy atom. The van der Waals surface area contributed by atoms with Crippen molar-refractivity contribution in [3.05, 3.63) is 33.9 Å². The average molecular weight is 280 g/mol. The average Bonchev–Trinajstić information content (AvgIpc) is 2.46. The largest absolute Gasteiger partial charge is 0.490 e. The van der Waals surface area contributed by atoms with Gasteiger partial charge in [0.15, 0.2) is 5.75 Å². The van der Waals surface area contributed by atoms with Gasteiger partial charge in [0.2, 0.25) is 0 Å². The summed E-state index contributed by atoms with van der Waals surface area (Å²) in [5, 5.41) is 14.3. The molecule has 0 spiro atoms. The van der Waals surface area contributed by atoms with Gasteiger partial charge in [-0.3, -0.25) is 10.1 Å². The fourth-order valence-corrected chi connectivity index (χ4v) is 2.36. The Labute approximate surface area is 118 Å². The fourth-order valence-electron chi connectivity index (χ4n) is 2.36. The molecule has 6 nitrogen and oxygen atoms in total. The molecule has 1 N–H and O–H groups in total. The van der Waals surface area contributed by atoms with Gasteiger partial charge in [-0.1, -0.05) is 13.0 Å². The molecule has 0 radical (unpaired) electrons. The van der Waals surface area contributed by atoms with E-state index in [-0.39, 0.29) is 17.5 Å². The highest BCUT2D eigenvalue weighted by molar-refractivity contribution is 5.48. The Morgan fingerprint density at radius 3 is 2.95 bits per heavy atom. The minimum atomic E-state index is -0.437. The van der Waals surface area contributed by atoms with E-state index in [4.69, 9.17) is 9.47 Å². The second-order valence-electron chi connectivity index (χ2n) is 5.08. The molecule has 0 aliphatic carbocycles. The van der Waals surface area contributed by atoms with Crippen molar-refractivity contribution in [2.75, 3.05) is 20.2 Å². The summed E-state index contributed by atoms with van der Waals surface area (Å²) >= 11 is 0. The van der Waals surface area contributed by atoms with Gasteiger partial charge in [-0.25, -0.2) is 0 Å². The van der Waals surface area contributed by atoms with E-state index < -0.39 is 4.92 Å². The van der Waals surface area contributed by atoms with Crippen LogP contribution in [0, 0.1) is 16.0 Å². The predicted octanol–water partition coefficient (Wildman–Crippen LogP) is 2.12. The number of nitrogens with one attached hydrogen (secondary N) is 1. The number of hydrogen-bond donors (Lipinski definition) is 1. The minimum Gasteiger partial charge on any atom is -0.490 e. The number of nitrogens with zero attached hydrogens (tertiary/aromatic N) is 1. The monoisotopic (exact) mass is 280 g/mol. The lowest BCUT2D eigenvalue weighted by Gasteiger charge is -2.29. The third kappa shape index (κ3) is 3.46. The van der Waals surface area contributed by atoms with Crippen LogP contribution in [-0.2, 0) is 11.3 Å². The van der Waals surface area contributed by atoms with E-state index in [0.29, 0.717) is 12.5 Å². The van der Waals surface area contributed by atoms with E-state index >= 15 is 0 Å². The van der Waals surface area contributed by atoms with Gasteiger partial charge in [-0.15, -0.1) is 0 Å². The highest BCUT2D eigenvalue weighted by Gasteiger charge is 2.22. The van der Waals surface area contributed by atoms with E-state index in [9.17, 15) is 10.1 Å². The summed E-state index contributed by atoms with van der Waals surface area (Å²) in [5.41, 5.74) is 0.763. The molecule has 6 heteroatoms. The first kappa shape index (κ1) is 14.7. The van der Waals surface area contributed by atoms with Crippen LogP contribution in [0.15, 0.2) is 18.2 Å². The summed E-state index contributed by atoms with van der Waals surface area (Å²) in [4.78, 5) is 10.5. The van der Waals surface area contributed by atoms with Gasteiger partial charge in [0.25, 0.3) is 0 Å². The van der Waals surface area contributed by atoms with Crippen LogP contribution in [0.25, 0.3) is 0 Å². The summed E-state index contributed by atoms with van der Waals surface area (Å²) in [6, 6.07) is 4.92. The van der Waals surface area contributed by atoms with Crippen molar-refractivity contribution in [1.29, 1.82) is 0 Å². The van der Waals surface area contributed by atoms with Gasteiger partial charge < -0.3 is 14.8 Å². The summed E-state index contributed by atoms with van der Waals surface area (Å²) in [7, 11) is 1.42. The maximum Gasteiger partial charge on any atom is 0.311 e. The number of nitro groups is 1. The summed E-state index contributed by atoms with van der Waals surface area (Å²) in [5.74, 6) is 0.774. The highest BCUT2D eigenvalue weighted by Crippen LogP contribution is 2.28. The van der Waals surface area contributed by atoms with E-state index in [1.54, 1.807) is 12.1 Å². The maximum atomic E-state index is 11.0. The Morgan fingerprint density at radius 2 is 2.30 bits per heavy atom. The van der Waals surface area contributed by atoms with Crippen molar-refractivity contribution in [1.82, 2.24) is 5.32 Å². The van der Waals surface area contributed by atoms with Crippen LogP contribution in [0.2, 0.25) is 0 Å². The first-order valence-corrected chi connectivity index (χ1v) is 6.75. The fraction of sp³-hybridized carbons (Fsp3) is 0.571. The SMILES string of the molecule is COc1ccc(COC2CNCCC2C)cc1[N+](=O)[O-]. The molecule has 0 amide bonds. The lowest BCUT2D eigenvalue weighted by molar-refractivity contribution is -0.385. The summed E-state index contributed by atoms with van der Waals surface area (Å²) in [6.07, 6.45) is 1.25. The van der Waals surface area contributed by atoms with Crippen molar-refractivity contribution in [2.24, 2.45) is 5.92 Å². The molecule has 20 heavy (non-hydrogen) atoms. The molecule has 1 heterocycles. The van der Waals surface area contributed by atoms with Crippen LogP contribution in [0.4, 0.5) is 5.69 Å². The van der Waals surface area contributed by atoms with Crippen molar-refractivity contribution >= 4 is 5.69 Å². The second kappa shape index (κ2) is 6.67. The number of methoxy groups -OCH3 is 1. The lowest BCUT2D eigenvalue weighted by Crippen LogP contribution is -2.40. The molecule has 1 saturated heterocycles. The van der Waals surface area contributed by atoms with Crippen molar-refractivity contribution < 1.29 is 14.4 Å². The smallest absolute Gasteiger partial charge is 0.311 e. The molecule has 0 aromatic heterocycles. The number of hydrogen-bond acceptors (Lipinski definition) is 5. The number of piperidine rings is 1. The Balaban J connectivity index is 2.02. The second-order valence-corrected chi connectivity index (χ2v) is 5.08. The number of ether oxygens (including phenoxy) is 2. The first-order chi connectivity index (χ1) is 9.61. The molecule has 1 aliphatic rings. The maximum absolute atomic E-state index is 11.0. The lowest BCUT2D eigenvalue weighted by atomic mass is 9.97. The van der Waals surface area contributed by atoms with Crippen LogP contribution >= 0.6 is 0 Å². The third-order valence-corrected chi connectivity index (χ3v) is 3.66. The molecule has 0 bridgehead atoms. The zero-order valence-electron chi connectivity index (χ0n) is 11.8. The van der Waals surface area contributed by atoms with Gasteiger partial charge in [0.05, 0.1) is 24.7 Å². The topological polar surface area (TPSA) is 73.6 Å². The zero-order valence-corrected chi connectivity index (χ0v) is 11.8. The molecule has 0 saturated carbocycles. The van der Waals surface area contributed by atoms with Crippen LogP contribution in [0.3, 0.4) is 0 Å². The number of benzene rings is 1. The van der Waals surface area contributed by atoms with Crippen LogP contribution in [-0.4, -0.2) is 31.2 Å². The van der Waals surface area contributed by atoms with Gasteiger partial charge in [0, 0.05) is 12.6 Å². The summed E-state index contributed by atoms with van der Waals surface area (Å²) < 4.78 is 10.8. The first-order valence-electron chi connectivity index (χ1n) is 6.75. The minimum absolute atomic E-state index is 0.0246. The quantitative estimate of drug-likeness (QED) is 0.660. The van der Waals surface area contributed by atoms with Gasteiger partial charge in [-0.05, 0) is 30.5 Å². The van der Waals surface area contributed by atoms with Crippen molar-refractivity contribution in [3.63, 3.8) is 0 Å². The van der Waals surface area contributed by atoms with Gasteiger partial charge >= 0.3 is 5.69 Å². The molecular weight excluding hydrogens is 260 g/mol. The molecule has 1 aliphatic heterocycles. The molecular formula is C14H20N2O4. The van der Waals surface area contributed by atoms with Crippen molar-refractivity contribution in [3.8, 4) is 5.75 Å². The zero-order chi connectivity index (χ0) is 14.5. The van der Waals surface area contributed by atoms with Gasteiger partial charge in [-0.2, -0.15) is 0 Å². The van der Waals surface area contributed by atoms with Gasteiger partial charge in [0.1, 0.15) is 0 Å². The molecule has 110 valence electrons. The molecule has 1 aromatic carbocycles. The van der Waals surface area contributed by atoms with E-state index in [2.05, 4.69) is 12.2 Å². The standard InChI is InChI=1S/C14H20N2O4/c1-10-5-6-15-8-14(10)20-9-11-3-4-13(19-2)12(7-11)16(17)18/h3-4,7,10,14-15H,5-6,8-9H2,1-2H3. The Kier molecular flexibility index (Phi) is 4.92. The van der Waals surface area contributed by atoms with E-state index in [0.717, 1.165) is 25.1 Å². The van der Waals surface area contributed by atoms with E-state index in [1.165, 1.54) is 13.2 Å². The Bertz CT molecular complexity index is 478. The highest BCUT2D eigenvalue weighted by atomic mass is 16.6. The number of nitro benzene ring substituents is 1. The number of rotatable bonds is 5. The van der Waals surface area contributed by atoms with Crippen LogP contribution < -0.4 is 10.1 Å². The molecule has 2 atom stereocenters. The van der Waals surface area contributed by atoms with Crippen LogP contribution in [0.5, 0.6) is 5.75 Å². The molecule has 2 unspecified atom stereocenters. The Hall–Kier alpha value is -1.66. The van der Waals surface area contributed by atoms with E-state index in [1.807, 2.05) is 0 Å². The molecule has 2 rings (SSSR count). The third-order valence-electron chi connectivity index (χ3n) is 3.66. The molecule has 1 fully saturated rings.